The van der Waals surface area contributed by atoms with Gasteiger partial charge in [-0.3, -0.25) is 0 Å². The van der Waals surface area contributed by atoms with Gasteiger partial charge in [-0.2, -0.15) is 42.3 Å². The van der Waals surface area contributed by atoms with Gasteiger partial charge >= 0.3 is 0 Å². The van der Waals surface area contributed by atoms with Gasteiger partial charge in [-0.1, -0.05) is 20.3 Å². The van der Waals surface area contributed by atoms with Crippen molar-refractivity contribution in [1.29, 1.82) is 0 Å². The molecule has 0 N–H and O–H groups in total. The molecule has 0 atom stereocenters. The molecule has 2 radical (unpaired) electrons. The molecule has 0 aliphatic rings. The summed E-state index contributed by atoms with van der Waals surface area (Å²) in [5, 5.41) is 0. The summed E-state index contributed by atoms with van der Waals surface area (Å²) in [5.74, 6) is 0. The predicted octanol–water partition coefficient (Wildman–Crippen LogP) is 3.87. The van der Waals surface area contributed by atoms with Crippen LogP contribution in [0.1, 0.15) is 32.3 Å². The summed E-state index contributed by atoms with van der Waals surface area (Å²) in [7, 11) is 0. The molecule has 0 aromatic heterocycles. The van der Waals surface area contributed by atoms with Crippen molar-refractivity contribution in [3.8, 4) is 0 Å². The molecule has 0 fully saturated rings. The molecule has 0 unspecified atom stereocenters. The van der Waals surface area contributed by atoms with Crippen LogP contribution in [0.15, 0.2) is 24.3 Å². The molecule has 86 valence electrons. The summed E-state index contributed by atoms with van der Waals surface area (Å²) in [6.45, 7) is 7.88. The molecule has 1 rings (SSSR count). The Balaban J connectivity index is -0.0000000818. The summed E-state index contributed by atoms with van der Waals surface area (Å²) in [4.78, 5) is 0. The van der Waals surface area contributed by atoms with E-state index in [0.717, 1.165) is 19.3 Å². The first-order chi connectivity index (χ1) is 6.35. The number of hydrogen-bond acceptors (Lipinski definition) is 0. The van der Waals surface area contributed by atoms with Gasteiger partial charge in [-0.15, -0.1) is 0 Å². The van der Waals surface area contributed by atoms with E-state index < -0.39 is 0 Å². The SMILES string of the molecule is CCc1cc[c-]cc1.[CH2-]C[CH-]CC.[U].[V].[Y]. The Hall–Kier alpha value is 1.96. The molecule has 0 aliphatic heterocycles. The maximum absolute atomic E-state index is 3.62. The van der Waals surface area contributed by atoms with Gasteiger partial charge in [0.2, 0.25) is 0 Å². The number of unbranched alkanes of at least 4 members (excludes halogenated alkanes) is 2. The van der Waals surface area contributed by atoms with Crippen LogP contribution in [0.4, 0.5) is 0 Å². The summed E-state index contributed by atoms with van der Waals surface area (Å²) in [6, 6.07) is 11.0. The van der Waals surface area contributed by atoms with Crippen LogP contribution in [-0.2, 0) is 57.7 Å². The third-order valence-electron chi connectivity index (χ3n) is 1.69. The Kier molecular flexibility index (Phi) is 36.7. The molecule has 16 heavy (non-hydrogen) atoms. The van der Waals surface area contributed by atoms with Crippen LogP contribution < -0.4 is 0 Å². The van der Waals surface area contributed by atoms with Gasteiger partial charge in [0.05, 0.1) is 0 Å². The summed E-state index contributed by atoms with van der Waals surface area (Å²) < 4.78 is 0. The zero-order valence-electron chi connectivity index (χ0n) is 10.2. The third-order valence-corrected chi connectivity index (χ3v) is 1.69. The van der Waals surface area contributed by atoms with Gasteiger partial charge in [0, 0.05) is 82.4 Å². The summed E-state index contributed by atoms with van der Waals surface area (Å²) >= 11 is 0. The van der Waals surface area contributed by atoms with Crippen LogP contribution in [0, 0.1) is 50.5 Å². The van der Waals surface area contributed by atoms with Crippen LogP contribution in [0.3, 0.4) is 0 Å². The number of aryl methyl sites for hydroxylation is 1. The Morgan fingerprint density at radius 2 is 1.75 bits per heavy atom. The third kappa shape index (κ3) is 18.3. The molecule has 0 nitrogen and oxygen atoms in total. The van der Waals surface area contributed by atoms with Gasteiger partial charge < -0.3 is 19.8 Å². The topological polar surface area (TPSA) is 0 Å². The van der Waals surface area contributed by atoms with Crippen molar-refractivity contribution in [2.24, 2.45) is 0 Å². The van der Waals surface area contributed by atoms with E-state index in [9.17, 15) is 0 Å². The molecule has 0 saturated heterocycles. The monoisotopic (exact) mass is 553 g/mol. The number of rotatable bonds is 3. The largest absolute Gasteiger partial charge is 0.372 e. The van der Waals surface area contributed by atoms with E-state index in [1.807, 2.05) is 12.1 Å². The Labute approximate surface area is 162 Å². The van der Waals surface area contributed by atoms with E-state index in [4.69, 9.17) is 0 Å². The second-order valence-corrected chi connectivity index (χ2v) is 2.75. The van der Waals surface area contributed by atoms with E-state index in [1.54, 1.807) is 0 Å². The van der Waals surface area contributed by atoms with Crippen molar-refractivity contribution in [1.82, 2.24) is 0 Å². The van der Waals surface area contributed by atoms with Gasteiger partial charge in [0.1, 0.15) is 0 Å². The molecule has 0 heterocycles. The van der Waals surface area contributed by atoms with E-state index >= 15 is 0 Å². The van der Waals surface area contributed by atoms with Crippen LogP contribution in [0.2, 0.25) is 0 Å². The molecule has 0 amide bonds. The number of hydrogen-bond donors (Lipinski definition) is 0. The predicted molar refractivity (Wildman–Crippen MR) is 59.2 cm³/mol. The first kappa shape index (κ1) is 26.5. The number of benzene rings is 1. The van der Waals surface area contributed by atoms with E-state index in [-0.39, 0.29) is 82.4 Å². The van der Waals surface area contributed by atoms with Crippen LogP contribution in [0.5, 0.6) is 0 Å². The molecule has 0 saturated carbocycles. The van der Waals surface area contributed by atoms with Crippen molar-refractivity contribution in [3.63, 3.8) is 0 Å². The maximum atomic E-state index is 3.62. The molecule has 1 aromatic carbocycles. The van der Waals surface area contributed by atoms with E-state index in [2.05, 4.69) is 45.4 Å². The summed E-state index contributed by atoms with van der Waals surface area (Å²) in [6.07, 6.45) is 5.38. The summed E-state index contributed by atoms with van der Waals surface area (Å²) in [5.41, 5.74) is 1.38. The Morgan fingerprint density at radius 1 is 1.25 bits per heavy atom. The van der Waals surface area contributed by atoms with Gasteiger partial charge in [-0.25, -0.2) is 0 Å². The van der Waals surface area contributed by atoms with Crippen molar-refractivity contribution in [3.05, 3.63) is 49.2 Å². The van der Waals surface area contributed by atoms with Crippen LogP contribution in [0.25, 0.3) is 0 Å². The van der Waals surface area contributed by atoms with Crippen molar-refractivity contribution >= 4 is 0 Å². The normalized spacial score (nSPS) is 7.19. The zero-order chi connectivity index (χ0) is 9.94. The molecular weight excluding hydrogens is 534 g/mol. The second-order valence-electron chi connectivity index (χ2n) is 2.75. The fourth-order valence-electron chi connectivity index (χ4n) is 0.861. The fraction of sp³-hybridized carbons (Fsp3) is 0.385. The Morgan fingerprint density at radius 3 is 1.94 bits per heavy atom. The maximum Gasteiger partial charge on any atom is 0 e. The van der Waals surface area contributed by atoms with Gasteiger partial charge in [0.15, 0.2) is 0 Å². The van der Waals surface area contributed by atoms with E-state index in [1.165, 1.54) is 5.56 Å². The second kappa shape index (κ2) is 22.2. The first-order valence-corrected chi connectivity index (χ1v) is 4.91. The minimum absolute atomic E-state index is 0. The van der Waals surface area contributed by atoms with Gasteiger partial charge in [-0.05, 0) is 0 Å². The fourth-order valence-corrected chi connectivity index (χ4v) is 0.861. The molecule has 0 bridgehead atoms. The standard InChI is InChI=1S/C8H9.C5H10.U.V.Y/c1-2-8-6-4-3-5-7-8;1-3-5-4-2;;;/h4-7H,2H2,1H3;5H,1,3-4H2,2H3;;;/q-1;-2;;;. The average Bonchev–Trinajstić information content (AvgIpc) is 2.21. The Bertz CT molecular complexity index is 190. The molecule has 0 aliphatic carbocycles. The van der Waals surface area contributed by atoms with Crippen molar-refractivity contribution < 1.29 is 82.4 Å². The minimum Gasteiger partial charge on any atom is -0.372 e. The van der Waals surface area contributed by atoms with Gasteiger partial charge in [0.25, 0.3) is 0 Å². The molecule has 0 spiro atoms. The van der Waals surface area contributed by atoms with Crippen LogP contribution >= 0.6 is 0 Å². The molecule has 1 aromatic rings. The zero-order valence-corrected chi connectivity index (χ0v) is 18.6. The quantitative estimate of drug-likeness (QED) is 0.500. The van der Waals surface area contributed by atoms with Crippen molar-refractivity contribution in [2.75, 3.05) is 0 Å². The average molecular weight is 553 g/mol. The first-order valence-electron chi connectivity index (χ1n) is 4.91. The van der Waals surface area contributed by atoms with E-state index in [0.29, 0.717) is 0 Å². The molecular formula is C13H19UVY-3. The van der Waals surface area contributed by atoms with Crippen LogP contribution in [-0.4, -0.2) is 0 Å². The minimum atomic E-state index is 0. The smallest absolute Gasteiger partial charge is 0 e. The molecule has 3 heteroatoms. The van der Waals surface area contributed by atoms with Crippen molar-refractivity contribution in [2.45, 2.75) is 33.1 Å².